The molecule has 1 fully saturated rings. The zero-order valence-corrected chi connectivity index (χ0v) is 22.1. The summed E-state index contributed by atoms with van der Waals surface area (Å²) in [5.74, 6) is 0.833. The van der Waals surface area contributed by atoms with Crippen LogP contribution in [0, 0.1) is 5.41 Å². The van der Waals surface area contributed by atoms with Crippen molar-refractivity contribution in [1.29, 1.82) is 0 Å². The van der Waals surface area contributed by atoms with Crippen LogP contribution < -0.4 is 5.32 Å². The average molecular weight is 497 g/mol. The quantitative estimate of drug-likeness (QED) is 0.613. The highest BCUT2D eigenvalue weighted by atomic mass is 16.2. The highest BCUT2D eigenvalue weighted by Crippen LogP contribution is 2.47. The van der Waals surface area contributed by atoms with Crippen molar-refractivity contribution in [3.8, 4) is 0 Å². The summed E-state index contributed by atoms with van der Waals surface area (Å²) in [7, 11) is 0. The summed E-state index contributed by atoms with van der Waals surface area (Å²) >= 11 is 0. The van der Waals surface area contributed by atoms with Crippen LogP contribution in [0.4, 0.5) is 5.82 Å². The van der Waals surface area contributed by atoms with Crippen LogP contribution in [0.15, 0.2) is 47.6 Å². The molecule has 1 aromatic heterocycles. The van der Waals surface area contributed by atoms with E-state index in [0.717, 1.165) is 42.5 Å². The van der Waals surface area contributed by atoms with Gasteiger partial charge in [-0.2, -0.15) is 0 Å². The van der Waals surface area contributed by atoms with E-state index in [1.54, 1.807) is 6.20 Å². The van der Waals surface area contributed by atoms with Gasteiger partial charge in [-0.3, -0.25) is 14.6 Å². The van der Waals surface area contributed by atoms with Gasteiger partial charge in [0, 0.05) is 23.7 Å². The third-order valence-corrected chi connectivity index (χ3v) is 8.69. The van der Waals surface area contributed by atoms with Gasteiger partial charge in [0.15, 0.2) is 0 Å². The molecule has 0 saturated heterocycles. The maximum Gasteiger partial charge on any atom is 0.270 e. The molecule has 0 unspecified atom stereocenters. The van der Waals surface area contributed by atoms with Gasteiger partial charge in [-0.1, -0.05) is 70.0 Å². The lowest BCUT2D eigenvalue weighted by molar-refractivity contribution is -0.127. The van der Waals surface area contributed by atoms with Crippen LogP contribution >= 0.6 is 0 Å². The maximum atomic E-state index is 13.5. The van der Waals surface area contributed by atoms with E-state index in [9.17, 15) is 9.59 Å². The van der Waals surface area contributed by atoms with E-state index in [0.29, 0.717) is 25.2 Å². The van der Waals surface area contributed by atoms with Crippen LogP contribution in [0.1, 0.15) is 81.5 Å². The van der Waals surface area contributed by atoms with Gasteiger partial charge in [-0.25, -0.2) is 4.98 Å². The van der Waals surface area contributed by atoms with Crippen molar-refractivity contribution in [3.05, 3.63) is 64.9 Å². The van der Waals surface area contributed by atoms with E-state index in [2.05, 4.69) is 61.4 Å². The van der Waals surface area contributed by atoms with E-state index in [1.165, 1.54) is 24.0 Å². The molecule has 2 aromatic rings. The largest absolute Gasteiger partial charge is 0.310 e. The predicted molar refractivity (Wildman–Crippen MR) is 146 cm³/mol. The van der Waals surface area contributed by atoms with Crippen molar-refractivity contribution in [2.24, 2.45) is 10.4 Å². The number of anilines is 1. The van der Waals surface area contributed by atoms with Gasteiger partial charge in [-0.15, -0.1) is 0 Å². The Kier molecular flexibility index (Phi) is 5.62. The van der Waals surface area contributed by atoms with Gasteiger partial charge >= 0.3 is 0 Å². The summed E-state index contributed by atoms with van der Waals surface area (Å²) in [4.78, 5) is 38.1. The SMILES string of the molecule is CC(C)(C)C1=NC2(CCCCCC2)N(C/C=C/c2ccc3c(c2)C[C@@]2(C3)C(=O)Nc3ncccc32)C1=O. The van der Waals surface area contributed by atoms with Crippen LogP contribution in [-0.2, 0) is 27.8 Å². The Hall–Kier alpha value is -3.28. The number of benzene rings is 1. The van der Waals surface area contributed by atoms with Crippen LogP contribution in [-0.4, -0.2) is 39.6 Å². The molecule has 4 aliphatic rings. The molecular formula is C31H36N4O2. The molecule has 0 bridgehead atoms. The third kappa shape index (κ3) is 3.92. The Bertz CT molecular complexity index is 1330. The molecular weight excluding hydrogens is 460 g/mol. The summed E-state index contributed by atoms with van der Waals surface area (Å²) in [6.45, 7) is 6.82. The zero-order chi connectivity index (χ0) is 25.8. The van der Waals surface area contributed by atoms with Gasteiger partial charge in [0.2, 0.25) is 5.91 Å². The second-order valence-electron chi connectivity index (χ2n) is 12.2. The first-order valence-electron chi connectivity index (χ1n) is 13.7. The average Bonchev–Trinajstić information content (AvgIpc) is 3.38. The van der Waals surface area contributed by atoms with Crippen LogP contribution in [0.5, 0.6) is 0 Å². The lowest BCUT2D eigenvalue weighted by Crippen LogP contribution is -2.47. The number of rotatable bonds is 3. The van der Waals surface area contributed by atoms with Crippen molar-refractivity contribution in [2.45, 2.75) is 83.2 Å². The number of aromatic nitrogens is 1. The van der Waals surface area contributed by atoms with Gasteiger partial charge in [0.05, 0.1) is 5.41 Å². The number of pyridine rings is 1. The Morgan fingerprint density at radius 3 is 2.54 bits per heavy atom. The van der Waals surface area contributed by atoms with Gasteiger partial charge in [0.25, 0.3) is 5.91 Å². The van der Waals surface area contributed by atoms with Crippen molar-refractivity contribution < 1.29 is 9.59 Å². The number of carbonyl (C=O) groups is 2. The minimum Gasteiger partial charge on any atom is -0.310 e. The minimum atomic E-state index is -0.553. The van der Waals surface area contributed by atoms with E-state index in [4.69, 9.17) is 4.99 Å². The van der Waals surface area contributed by atoms with Crippen LogP contribution in [0.3, 0.4) is 0 Å². The number of hydrogen-bond acceptors (Lipinski definition) is 4. The molecule has 2 aliphatic heterocycles. The highest BCUT2D eigenvalue weighted by molar-refractivity contribution is 6.42. The molecule has 2 spiro atoms. The third-order valence-electron chi connectivity index (χ3n) is 8.69. The second-order valence-corrected chi connectivity index (χ2v) is 12.2. The zero-order valence-electron chi connectivity index (χ0n) is 22.1. The predicted octanol–water partition coefficient (Wildman–Crippen LogP) is 5.46. The number of nitrogens with one attached hydrogen (secondary N) is 1. The monoisotopic (exact) mass is 496 g/mol. The van der Waals surface area contributed by atoms with Crippen LogP contribution in [0.2, 0.25) is 0 Å². The number of hydrogen-bond donors (Lipinski definition) is 1. The Morgan fingerprint density at radius 2 is 1.78 bits per heavy atom. The molecule has 6 heteroatoms. The number of carbonyl (C=O) groups excluding carboxylic acids is 2. The Labute approximate surface area is 219 Å². The van der Waals surface area contributed by atoms with E-state index < -0.39 is 5.41 Å². The fourth-order valence-electron chi connectivity index (χ4n) is 6.74. The first kappa shape index (κ1) is 24.1. The molecule has 1 N–H and O–H groups in total. The normalized spacial score (nSPS) is 24.5. The second kappa shape index (κ2) is 8.64. The summed E-state index contributed by atoms with van der Waals surface area (Å²) < 4.78 is 0. The molecule has 3 heterocycles. The molecule has 2 aliphatic carbocycles. The molecule has 2 amide bonds. The molecule has 6 rings (SSSR count). The molecule has 1 aromatic carbocycles. The Balaban J connectivity index is 1.22. The van der Waals surface area contributed by atoms with Gasteiger partial charge in [0.1, 0.15) is 17.2 Å². The number of aliphatic imine (C=N–C) groups is 1. The number of amides is 2. The summed E-state index contributed by atoms with van der Waals surface area (Å²) in [6.07, 6.45) is 13.9. The van der Waals surface area contributed by atoms with Crippen LogP contribution in [0.25, 0.3) is 6.08 Å². The fraction of sp³-hybridized carbons (Fsp3) is 0.484. The standard InChI is InChI=1S/C31H36N4O2/c1-29(2,3)25-27(36)35(31(34-25)14-6-4-5-7-15-31)17-9-10-21-12-13-22-19-30(20-23(22)18-21)24-11-8-16-32-26(24)33-28(30)37/h8-13,16,18H,4-7,14-15,17,19-20H2,1-3H3,(H,32,33,37)/b10-9+/t30-/m1/s1. The van der Waals surface area contributed by atoms with Crippen molar-refractivity contribution in [2.75, 3.05) is 11.9 Å². The van der Waals surface area contributed by atoms with Gasteiger partial charge in [-0.05, 0) is 61.3 Å². The summed E-state index contributed by atoms with van der Waals surface area (Å²) in [5, 5.41) is 2.98. The van der Waals surface area contributed by atoms with E-state index in [-0.39, 0.29) is 22.9 Å². The maximum absolute atomic E-state index is 13.5. The molecule has 1 atom stereocenters. The van der Waals surface area contributed by atoms with E-state index >= 15 is 0 Å². The molecule has 6 nitrogen and oxygen atoms in total. The molecule has 192 valence electrons. The van der Waals surface area contributed by atoms with E-state index in [1.807, 2.05) is 17.0 Å². The number of nitrogens with zero attached hydrogens (tertiary/aromatic N) is 3. The lowest BCUT2D eigenvalue weighted by atomic mass is 9.79. The van der Waals surface area contributed by atoms with Crippen molar-refractivity contribution in [1.82, 2.24) is 9.88 Å². The van der Waals surface area contributed by atoms with Crippen molar-refractivity contribution >= 4 is 29.4 Å². The summed E-state index contributed by atoms with van der Waals surface area (Å²) in [5.41, 5.74) is 4.05. The topological polar surface area (TPSA) is 74.7 Å². The molecule has 0 radical (unpaired) electrons. The lowest BCUT2D eigenvalue weighted by Gasteiger charge is -2.35. The van der Waals surface area contributed by atoms with Gasteiger partial charge < -0.3 is 10.2 Å². The smallest absolute Gasteiger partial charge is 0.270 e. The number of fused-ring (bicyclic) bond motifs is 3. The Morgan fingerprint density at radius 1 is 1.03 bits per heavy atom. The van der Waals surface area contributed by atoms with Crippen molar-refractivity contribution in [3.63, 3.8) is 0 Å². The highest BCUT2D eigenvalue weighted by Gasteiger charge is 2.51. The molecule has 1 saturated carbocycles. The molecule has 37 heavy (non-hydrogen) atoms. The fourth-order valence-corrected chi connectivity index (χ4v) is 6.74. The summed E-state index contributed by atoms with van der Waals surface area (Å²) in [6, 6.07) is 10.4. The minimum absolute atomic E-state index is 0.0467. The first-order chi connectivity index (χ1) is 17.7. The first-order valence-corrected chi connectivity index (χ1v) is 13.7.